The van der Waals surface area contributed by atoms with Gasteiger partial charge >= 0.3 is 0 Å². The minimum absolute atomic E-state index is 0.0195. The van der Waals surface area contributed by atoms with Crippen LogP contribution in [0, 0.1) is 13.8 Å². The smallest absolute Gasteiger partial charge is 0.247 e. The Hall–Kier alpha value is -5.04. The monoisotopic (exact) mass is 588 g/mol. The van der Waals surface area contributed by atoms with Crippen molar-refractivity contribution >= 4 is 28.2 Å². The predicted octanol–water partition coefficient (Wildman–Crippen LogP) is 7.76. The molecule has 5 aromatic rings. The molecule has 0 saturated heterocycles. The molecule has 1 heterocycles. The van der Waals surface area contributed by atoms with Gasteiger partial charge in [0.2, 0.25) is 5.91 Å². The lowest BCUT2D eigenvalue weighted by Gasteiger charge is -2.23. The van der Waals surface area contributed by atoms with Gasteiger partial charge in [-0.15, -0.1) is 0 Å². The molecule has 0 bridgehead atoms. The Morgan fingerprint density at radius 1 is 0.909 bits per heavy atom. The van der Waals surface area contributed by atoms with Gasteiger partial charge in [-0.05, 0) is 104 Å². The zero-order valence-corrected chi connectivity index (χ0v) is 26.0. The molecule has 1 amide bonds. The van der Waals surface area contributed by atoms with E-state index in [1.807, 2.05) is 75.4 Å². The highest BCUT2D eigenvalue weighted by Gasteiger charge is 2.23. The van der Waals surface area contributed by atoms with Crippen LogP contribution in [-0.4, -0.2) is 23.6 Å². The molecule has 0 aliphatic carbocycles. The summed E-state index contributed by atoms with van der Waals surface area (Å²) in [6.07, 6.45) is 1.66. The number of hydrogen-bond acceptors (Lipinski definition) is 6. The lowest BCUT2D eigenvalue weighted by molar-refractivity contribution is -0.122. The zero-order chi connectivity index (χ0) is 31.2. The summed E-state index contributed by atoms with van der Waals surface area (Å²) in [4.78, 5) is 18.3. The van der Waals surface area contributed by atoms with E-state index in [0.29, 0.717) is 30.5 Å². The van der Waals surface area contributed by atoms with E-state index in [9.17, 15) is 4.79 Å². The van der Waals surface area contributed by atoms with Gasteiger partial charge in [0, 0.05) is 23.8 Å². The molecule has 0 spiro atoms. The van der Waals surface area contributed by atoms with Gasteiger partial charge < -0.3 is 25.8 Å². The second-order valence-electron chi connectivity index (χ2n) is 11.2. The third kappa shape index (κ3) is 6.94. The fourth-order valence-electron chi connectivity index (χ4n) is 5.33. The molecule has 1 atom stereocenters. The number of ether oxygens (including phenoxy) is 2. The van der Waals surface area contributed by atoms with E-state index in [2.05, 4.69) is 59.8 Å². The lowest BCUT2D eigenvalue weighted by atomic mass is 9.94. The van der Waals surface area contributed by atoms with Crippen molar-refractivity contribution in [2.75, 3.05) is 17.7 Å². The molecule has 226 valence electrons. The first kappa shape index (κ1) is 30.4. The maximum atomic E-state index is 14.1. The molecule has 0 aliphatic rings. The van der Waals surface area contributed by atoms with Crippen molar-refractivity contribution in [2.45, 2.75) is 53.3 Å². The molecular formula is C37H40N4O3. The summed E-state index contributed by atoms with van der Waals surface area (Å²) in [5.74, 6) is 1.53. The molecule has 7 nitrogen and oxygen atoms in total. The van der Waals surface area contributed by atoms with Gasteiger partial charge in [0.1, 0.15) is 11.9 Å². The lowest BCUT2D eigenvalue weighted by Crippen LogP contribution is -2.33. The summed E-state index contributed by atoms with van der Waals surface area (Å²) in [5.41, 5.74) is 13.3. The Bertz CT molecular complexity index is 1780. The largest absolute Gasteiger partial charge is 0.490 e. The van der Waals surface area contributed by atoms with Crippen LogP contribution in [-0.2, 0) is 11.3 Å². The van der Waals surface area contributed by atoms with Crippen molar-refractivity contribution in [3.05, 3.63) is 113 Å². The number of fused-ring (bicyclic) bond motifs is 1. The van der Waals surface area contributed by atoms with Crippen molar-refractivity contribution in [2.24, 2.45) is 0 Å². The third-order valence-corrected chi connectivity index (χ3v) is 7.49. The Labute approximate surface area is 259 Å². The van der Waals surface area contributed by atoms with Gasteiger partial charge in [0.25, 0.3) is 0 Å². The molecule has 0 saturated carbocycles. The molecule has 4 aromatic carbocycles. The van der Waals surface area contributed by atoms with E-state index in [0.717, 1.165) is 38.7 Å². The van der Waals surface area contributed by atoms with E-state index in [1.165, 1.54) is 11.1 Å². The maximum Gasteiger partial charge on any atom is 0.247 e. The summed E-state index contributed by atoms with van der Waals surface area (Å²) < 4.78 is 11.9. The molecule has 4 N–H and O–H groups in total. The van der Waals surface area contributed by atoms with Gasteiger partial charge in [-0.2, -0.15) is 0 Å². The topological polar surface area (TPSA) is 98.5 Å². The van der Waals surface area contributed by atoms with Gasteiger partial charge in [0.15, 0.2) is 11.5 Å². The van der Waals surface area contributed by atoms with E-state index in [1.54, 1.807) is 6.20 Å². The normalized spacial score (nSPS) is 11.8. The number of carbonyl (C=O) groups excluding carboxylic acids is 1. The van der Waals surface area contributed by atoms with Crippen molar-refractivity contribution in [3.8, 4) is 22.6 Å². The summed E-state index contributed by atoms with van der Waals surface area (Å²) in [5, 5.41) is 8.46. The highest BCUT2D eigenvalue weighted by Crippen LogP contribution is 2.34. The second kappa shape index (κ2) is 13.5. The number of amides is 1. The number of nitrogens with two attached hydrogens (primary N) is 1. The first-order chi connectivity index (χ1) is 21.2. The number of pyridine rings is 1. The van der Waals surface area contributed by atoms with Crippen molar-refractivity contribution < 1.29 is 14.3 Å². The fourth-order valence-corrected chi connectivity index (χ4v) is 5.33. The second-order valence-corrected chi connectivity index (χ2v) is 11.2. The van der Waals surface area contributed by atoms with Gasteiger partial charge in [-0.25, -0.2) is 4.98 Å². The highest BCUT2D eigenvalue weighted by molar-refractivity contribution is 5.94. The van der Waals surface area contributed by atoms with Crippen LogP contribution in [0.4, 0.5) is 11.5 Å². The fraction of sp³-hybridized carbons (Fsp3) is 0.243. The maximum absolute atomic E-state index is 14.1. The average molecular weight is 589 g/mol. The third-order valence-electron chi connectivity index (χ3n) is 7.49. The molecule has 1 aromatic heterocycles. The van der Waals surface area contributed by atoms with E-state index in [4.69, 9.17) is 15.2 Å². The summed E-state index contributed by atoms with van der Waals surface area (Å²) in [6, 6.07) is 27.3. The van der Waals surface area contributed by atoms with Crippen LogP contribution in [0.3, 0.4) is 0 Å². The molecule has 0 radical (unpaired) electrons. The number of carbonyl (C=O) groups is 1. The Morgan fingerprint density at radius 2 is 1.73 bits per heavy atom. The number of nitrogens with one attached hydrogen (secondary N) is 2. The number of nitrogen functional groups attached to an aromatic ring is 1. The number of rotatable bonds is 11. The molecule has 0 aliphatic heterocycles. The number of nitrogens with zero attached hydrogens (tertiary/aromatic N) is 1. The van der Waals surface area contributed by atoms with Crippen LogP contribution < -0.4 is 25.8 Å². The standard InChI is InChI=1S/C37H40N4O3/c1-6-43-34-21-27(13-16-33(34)44-23(2)3)35(41-29-14-15-31-26(20-29)17-18-39-36(31)38)37(42)40-22-28-9-7-8-10-30(28)32-19-24(4)11-12-25(32)5/h7-21,23,35,41H,6,22H2,1-5H3,(H2,38,39)(H,40,42). The number of anilines is 2. The molecule has 0 fully saturated rings. The van der Waals surface area contributed by atoms with Gasteiger partial charge in [-0.1, -0.05) is 54.1 Å². The SMILES string of the molecule is CCOc1cc(C(Nc2ccc3c(N)nccc3c2)C(=O)NCc2ccccc2-c2cc(C)ccc2C)ccc1OC(C)C. The number of hydrogen-bond donors (Lipinski definition) is 3. The predicted molar refractivity (Wildman–Crippen MR) is 179 cm³/mol. The van der Waals surface area contributed by atoms with Crippen LogP contribution in [0.25, 0.3) is 21.9 Å². The first-order valence-corrected chi connectivity index (χ1v) is 15.0. The van der Waals surface area contributed by atoms with Gasteiger partial charge in [0.05, 0.1) is 12.7 Å². The number of aromatic nitrogens is 1. The van der Waals surface area contributed by atoms with Crippen molar-refractivity contribution in [3.63, 3.8) is 0 Å². The molecule has 1 unspecified atom stereocenters. The molecule has 5 rings (SSSR count). The molecule has 44 heavy (non-hydrogen) atoms. The van der Waals surface area contributed by atoms with Crippen LogP contribution >= 0.6 is 0 Å². The summed E-state index contributed by atoms with van der Waals surface area (Å²) in [7, 11) is 0. The minimum Gasteiger partial charge on any atom is -0.490 e. The van der Waals surface area contributed by atoms with E-state index >= 15 is 0 Å². The van der Waals surface area contributed by atoms with Gasteiger partial charge in [-0.3, -0.25) is 4.79 Å². The summed E-state index contributed by atoms with van der Waals surface area (Å²) in [6.45, 7) is 10.9. The Balaban J connectivity index is 1.48. The van der Waals surface area contributed by atoms with Crippen molar-refractivity contribution in [1.82, 2.24) is 10.3 Å². The molecule has 7 heteroatoms. The van der Waals surface area contributed by atoms with Crippen molar-refractivity contribution in [1.29, 1.82) is 0 Å². The molecular weight excluding hydrogens is 548 g/mol. The number of benzene rings is 4. The quantitative estimate of drug-likeness (QED) is 0.146. The van der Waals surface area contributed by atoms with Crippen LogP contribution in [0.5, 0.6) is 11.5 Å². The van der Waals surface area contributed by atoms with E-state index in [-0.39, 0.29) is 12.0 Å². The highest BCUT2D eigenvalue weighted by atomic mass is 16.5. The van der Waals surface area contributed by atoms with Crippen LogP contribution in [0.1, 0.15) is 49.1 Å². The van der Waals surface area contributed by atoms with E-state index < -0.39 is 6.04 Å². The first-order valence-electron chi connectivity index (χ1n) is 15.0. The summed E-state index contributed by atoms with van der Waals surface area (Å²) >= 11 is 0. The zero-order valence-electron chi connectivity index (χ0n) is 26.0. The number of aryl methyl sites for hydroxylation is 2. The Kier molecular flexibility index (Phi) is 9.34. The van der Waals surface area contributed by atoms with Crippen LogP contribution in [0.15, 0.2) is 91.1 Å². The van der Waals surface area contributed by atoms with Crippen LogP contribution in [0.2, 0.25) is 0 Å². The minimum atomic E-state index is -0.716. The average Bonchev–Trinajstić information content (AvgIpc) is 3.01. The Morgan fingerprint density at radius 3 is 2.52 bits per heavy atom.